The van der Waals surface area contributed by atoms with Crippen molar-refractivity contribution in [3.63, 3.8) is 0 Å². The highest BCUT2D eigenvalue weighted by molar-refractivity contribution is 6.03. The van der Waals surface area contributed by atoms with Crippen LogP contribution < -0.4 is 10.6 Å². The maximum Gasteiger partial charge on any atom is 0.267 e. The van der Waals surface area contributed by atoms with Crippen LogP contribution in [0.15, 0.2) is 78.5 Å². The minimum Gasteiger partial charge on any atom is -0.351 e. The van der Waals surface area contributed by atoms with Crippen LogP contribution in [-0.4, -0.2) is 43.9 Å². The summed E-state index contributed by atoms with van der Waals surface area (Å²) in [7, 11) is 3.98. The van der Waals surface area contributed by atoms with E-state index in [1.165, 1.54) is 0 Å². The molecule has 2 rings (SSSR count). The second kappa shape index (κ2) is 11.5. The number of hydrogen-bond donors (Lipinski definition) is 2. The Morgan fingerprint density at radius 3 is 2.25 bits per heavy atom. The SMILES string of the molecule is CN(C)CCCNC(=O)/C(=C/C=C/c1ccccc1)NC(=O)c1ccccc1. The van der Waals surface area contributed by atoms with Gasteiger partial charge >= 0.3 is 0 Å². The molecule has 2 aromatic carbocycles. The summed E-state index contributed by atoms with van der Waals surface area (Å²) in [5.74, 6) is -0.621. The Bertz CT molecular complexity index is 812. The van der Waals surface area contributed by atoms with Crippen molar-refractivity contribution in [3.05, 3.63) is 89.6 Å². The fourth-order valence-electron chi connectivity index (χ4n) is 2.47. The van der Waals surface area contributed by atoms with Gasteiger partial charge in [0.2, 0.25) is 0 Å². The molecule has 0 radical (unpaired) electrons. The lowest BCUT2D eigenvalue weighted by molar-refractivity contribution is -0.117. The molecule has 0 aliphatic carbocycles. The summed E-state index contributed by atoms with van der Waals surface area (Å²) in [5.41, 5.74) is 1.73. The second-order valence-electron chi connectivity index (χ2n) is 6.58. The van der Waals surface area contributed by atoms with Crippen LogP contribution >= 0.6 is 0 Å². The van der Waals surface area contributed by atoms with Crippen molar-refractivity contribution in [2.24, 2.45) is 0 Å². The van der Waals surface area contributed by atoms with Crippen LogP contribution in [0.25, 0.3) is 6.08 Å². The molecule has 0 unspecified atom stereocenters. The number of nitrogens with one attached hydrogen (secondary N) is 2. The minimum absolute atomic E-state index is 0.214. The van der Waals surface area contributed by atoms with Crippen LogP contribution in [0.5, 0.6) is 0 Å². The lowest BCUT2D eigenvalue weighted by Gasteiger charge is -2.12. The zero-order valence-electron chi connectivity index (χ0n) is 16.4. The summed E-state index contributed by atoms with van der Waals surface area (Å²) in [6, 6.07) is 18.6. The van der Waals surface area contributed by atoms with Gasteiger partial charge in [-0.25, -0.2) is 0 Å². The van der Waals surface area contributed by atoms with Gasteiger partial charge in [-0.15, -0.1) is 0 Å². The number of hydrogen-bond acceptors (Lipinski definition) is 3. The Hall–Kier alpha value is -3.18. The molecule has 0 aliphatic rings. The van der Waals surface area contributed by atoms with Gasteiger partial charge in [-0.3, -0.25) is 9.59 Å². The zero-order chi connectivity index (χ0) is 20.2. The predicted molar refractivity (Wildman–Crippen MR) is 114 cm³/mol. The van der Waals surface area contributed by atoms with Crippen molar-refractivity contribution in [1.29, 1.82) is 0 Å². The molecule has 0 aliphatic heterocycles. The molecular formula is C23H27N3O2. The van der Waals surface area contributed by atoms with Gasteiger partial charge in [0, 0.05) is 12.1 Å². The van der Waals surface area contributed by atoms with Crippen molar-refractivity contribution in [1.82, 2.24) is 15.5 Å². The van der Waals surface area contributed by atoms with Crippen molar-refractivity contribution in [2.45, 2.75) is 6.42 Å². The Kier molecular flexibility index (Phi) is 8.69. The van der Waals surface area contributed by atoms with E-state index in [0.29, 0.717) is 12.1 Å². The monoisotopic (exact) mass is 377 g/mol. The van der Waals surface area contributed by atoms with Crippen molar-refractivity contribution in [3.8, 4) is 0 Å². The first kappa shape index (κ1) is 21.1. The van der Waals surface area contributed by atoms with Gasteiger partial charge in [0.15, 0.2) is 0 Å². The highest BCUT2D eigenvalue weighted by Crippen LogP contribution is 2.04. The predicted octanol–water partition coefficient (Wildman–Crippen LogP) is 3.08. The first-order valence-corrected chi connectivity index (χ1v) is 9.29. The molecule has 0 saturated heterocycles. The molecule has 28 heavy (non-hydrogen) atoms. The molecular weight excluding hydrogens is 350 g/mol. The van der Waals surface area contributed by atoms with E-state index in [1.807, 2.05) is 56.6 Å². The number of benzene rings is 2. The minimum atomic E-state index is -0.316. The first-order chi connectivity index (χ1) is 13.6. The molecule has 0 spiro atoms. The number of carbonyl (C=O) groups excluding carboxylic acids is 2. The summed E-state index contributed by atoms with van der Waals surface area (Å²) in [6.07, 6.45) is 6.09. The summed E-state index contributed by atoms with van der Waals surface area (Å²) in [5, 5.41) is 5.58. The third-order valence-corrected chi connectivity index (χ3v) is 3.95. The molecule has 2 amide bonds. The molecule has 0 heterocycles. The van der Waals surface area contributed by atoms with Crippen molar-refractivity contribution in [2.75, 3.05) is 27.2 Å². The quantitative estimate of drug-likeness (QED) is 0.401. The van der Waals surface area contributed by atoms with Gasteiger partial charge < -0.3 is 15.5 Å². The van der Waals surface area contributed by atoms with Gasteiger partial charge in [-0.1, -0.05) is 60.7 Å². The standard InChI is InChI=1S/C23H27N3O2/c1-26(2)18-10-17-24-23(28)21(16-9-13-19-11-5-3-6-12-19)25-22(27)20-14-7-4-8-15-20/h3-9,11-16H,10,17-18H2,1-2H3,(H,24,28)(H,25,27)/b13-9+,21-16-. The van der Waals surface area contributed by atoms with Crippen molar-refractivity contribution >= 4 is 17.9 Å². The fourth-order valence-corrected chi connectivity index (χ4v) is 2.47. The number of carbonyl (C=O) groups is 2. The van der Waals surface area contributed by atoms with E-state index in [1.54, 1.807) is 36.4 Å². The molecule has 5 nitrogen and oxygen atoms in total. The van der Waals surface area contributed by atoms with Crippen LogP contribution in [0.4, 0.5) is 0 Å². The van der Waals surface area contributed by atoms with E-state index >= 15 is 0 Å². The number of amides is 2. The molecule has 2 N–H and O–H groups in total. The van der Waals surface area contributed by atoms with Gasteiger partial charge in [0.05, 0.1) is 0 Å². The molecule has 146 valence electrons. The topological polar surface area (TPSA) is 61.4 Å². The van der Waals surface area contributed by atoms with E-state index < -0.39 is 0 Å². The zero-order valence-corrected chi connectivity index (χ0v) is 16.4. The highest BCUT2D eigenvalue weighted by atomic mass is 16.2. The fraction of sp³-hybridized carbons (Fsp3) is 0.217. The maximum absolute atomic E-state index is 12.6. The van der Waals surface area contributed by atoms with Crippen LogP contribution in [0.3, 0.4) is 0 Å². The lowest BCUT2D eigenvalue weighted by atomic mass is 10.2. The molecule has 0 saturated carbocycles. The molecule has 2 aromatic rings. The Balaban J connectivity index is 2.07. The normalized spacial score (nSPS) is 11.6. The molecule has 0 fully saturated rings. The van der Waals surface area contributed by atoms with Crippen LogP contribution in [0.1, 0.15) is 22.3 Å². The summed E-state index contributed by atoms with van der Waals surface area (Å²) >= 11 is 0. The Labute approximate surface area is 166 Å². The number of nitrogens with zero attached hydrogens (tertiary/aromatic N) is 1. The molecule has 0 atom stereocenters. The molecule has 0 bridgehead atoms. The maximum atomic E-state index is 12.6. The first-order valence-electron chi connectivity index (χ1n) is 9.29. The van der Waals surface area contributed by atoms with E-state index in [9.17, 15) is 9.59 Å². The summed E-state index contributed by atoms with van der Waals surface area (Å²) < 4.78 is 0. The number of allylic oxidation sites excluding steroid dienone is 2. The van der Waals surface area contributed by atoms with E-state index in [2.05, 4.69) is 15.5 Å². The van der Waals surface area contributed by atoms with E-state index in [-0.39, 0.29) is 17.5 Å². The average molecular weight is 377 g/mol. The van der Waals surface area contributed by atoms with E-state index in [4.69, 9.17) is 0 Å². The Morgan fingerprint density at radius 2 is 1.61 bits per heavy atom. The summed E-state index contributed by atoms with van der Waals surface area (Å²) in [6.45, 7) is 1.42. The largest absolute Gasteiger partial charge is 0.351 e. The lowest BCUT2D eigenvalue weighted by Crippen LogP contribution is -2.36. The van der Waals surface area contributed by atoms with Crippen molar-refractivity contribution < 1.29 is 9.59 Å². The molecule has 5 heteroatoms. The number of rotatable bonds is 9. The van der Waals surface area contributed by atoms with Gasteiger partial charge in [-0.2, -0.15) is 0 Å². The van der Waals surface area contributed by atoms with Crippen LogP contribution in [-0.2, 0) is 4.79 Å². The average Bonchev–Trinajstić information content (AvgIpc) is 2.71. The molecule has 0 aromatic heterocycles. The summed E-state index contributed by atoms with van der Waals surface area (Å²) in [4.78, 5) is 27.1. The van der Waals surface area contributed by atoms with Crippen LogP contribution in [0, 0.1) is 0 Å². The van der Waals surface area contributed by atoms with Gasteiger partial charge in [0.1, 0.15) is 5.70 Å². The van der Waals surface area contributed by atoms with E-state index in [0.717, 1.165) is 18.5 Å². The van der Waals surface area contributed by atoms with Crippen LogP contribution in [0.2, 0.25) is 0 Å². The highest BCUT2D eigenvalue weighted by Gasteiger charge is 2.13. The third kappa shape index (κ3) is 7.60. The van der Waals surface area contributed by atoms with Gasteiger partial charge in [-0.05, 0) is 50.8 Å². The second-order valence-corrected chi connectivity index (χ2v) is 6.58. The third-order valence-electron chi connectivity index (χ3n) is 3.95. The smallest absolute Gasteiger partial charge is 0.267 e. The Morgan fingerprint density at radius 1 is 0.964 bits per heavy atom. The van der Waals surface area contributed by atoms with Gasteiger partial charge in [0.25, 0.3) is 11.8 Å².